The molecule has 2 aromatic carbocycles. The number of nitrogens with one attached hydrogen (secondary N) is 1. The van der Waals surface area contributed by atoms with E-state index in [-0.39, 0.29) is 24.2 Å². The second-order valence-corrected chi connectivity index (χ2v) is 7.22. The van der Waals surface area contributed by atoms with E-state index in [1.807, 2.05) is 0 Å². The zero-order valence-electron chi connectivity index (χ0n) is 17.4. The maximum Gasteiger partial charge on any atom is 0.269 e. The molecule has 0 saturated carbocycles. The highest BCUT2D eigenvalue weighted by Crippen LogP contribution is 2.15. The van der Waals surface area contributed by atoms with Gasteiger partial charge in [0.05, 0.1) is 23.9 Å². The van der Waals surface area contributed by atoms with Crippen molar-refractivity contribution in [3.8, 4) is 0 Å². The van der Waals surface area contributed by atoms with Crippen molar-refractivity contribution in [3.05, 3.63) is 75.3 Å². The average Bonchev–Trinajstić information content (AvgIpc) is 2.70. The second-order valence-electron chi connectivity index (χ2n) is 7.22. The van der Waals surface area contributed by atoms with Crippen molar-refractivity contribution >= 4 is 23.4 Å². The predicted octanol–water partition coefficient (Wildman–Crippen LogP) is 1.82. The zero-order chi connectivity index (χ0) is 24.0. The third-order valence-electron chi connectivity index (χ3n) is 4.44. The molecular formula is C21H22F2N4O5. The Kier molecular flexibility index (Phi) is 8.08. The minimum Gasteiger partial charge on any atom is -0.344 e. The molecule has 0 saturated heterocycles. The molecule has 0 bridgehead atoms. The van der Waals surface area contributed by atoms with Crippen molar-refractivity contribution in [2.24, 2.45) is 5.73 Å². The normalized spacial score (nSPS) is 12.5. The van der Waals surface area contributed by atoms with Gasteiger partial charge in [0.2, 0.25) is 11.8 Å². The molecule has 0 unspecified atom stereocenters. The molecule has 0 radical (unpaired) electrons. The molecule has 0 aliphatic carbocycles. The van der Waals surface area contributed by atoms with E-state index in [4.69, 9.17) is 5.73 Å². The summed E-state index contributed by atoms with van der Waals surface area (Å²) in [4.78, 5) is 48.7. The van der Waals surface area contributed by atoms with Crippen LogP contribution in [0.2, 0.25) is 0 Å². The number of hydrogen-bond donors (Lipinski definition) is 2. The molecule has 0 aliphatic heterocycles. The third-order valence-corrected chi connectivity index (χ3v) is 4.44. The standard InChI is InChI=1S/C21H22F2N4O5/c1-12(24)20(29)26(11-14-3-5-18(6-4-14)27(31)32)21(30)13(2)25-19(28)9-15-7-16(22)10-17(23)8-15/h3-8,10,12-13H,9,11,24H2,1-2H3,(H,25,28)/t12-,13-/m0/s1. The third kappa shape index (κ3) is 6.64. The van der Waals surface area contributed by atoms with Crippen LogP contribution in [0.3, 0.4) is 0 Å². The van der Waals surface area contributed by atoms with E-state index in [9.17, 15) is 33.3 Å². The summed E-state index contributed by atoms with van der Waals surface area (Å²) in [6, 6.07) is 5.75. The molecule has 3 amide bonds. The minimum absolute atomic E-state index is 0.0778. The van der Waals surface area contributed by atoms with Crippen LogP contribution in [0.15, 0.2) is 42.5 Å². The van der Waals surface area contributed by atoms with Gasteiger partial charge in [-0.25, -0.2) is 8.78 Å². The molecular weight excluding hydrogens is 426 g/mol. The molecule has 32 heavy (non-hydrogen) atoms. The van der Waals surface area contributed by atoms with Crippen LogP contribution in [0.1, 0.15) is 25.0 Å². The summed E-state index contributed by atoms with van der Waals surface area (Å²) in [6.07, 6.45) is -0.379. The first kappa shape index (κ1) is 24.5. The van der Waals surface area contributed by atoms with E-state index >= 15 is 0 Å². The zero-order valence-corrected chi connectivity index (χ0v) is 17.4. The molecule has 0 aromatic heterocycles. The summed E-state index contributed by atoms with van der Waals surface area (Å²) in [6.45, 7) is 2.52. The van der Waals surface area contributed by atoms with Gasteiger partial charge in [-0.05, 0) is 37.1 Å². The maximum absolute atomic E-state index is 13.3. The van der Waals surface area contributed by atoms with Crippen molar-refractivity contribution in [1.29, 1.82) is 0 Å². The number of hydrogen-bond acceptors (Lipinski definition) is 6. The highest BCUT2D eigenvalue weighted by atomic mass is 19.1. The van der Waals surface area contributed by atoms with E-state index in [0.717, 1.165) is 17.0 Å². The smallest absolute Gasteiger partial charge is 0.269 e. The van der Waals surface area contributed by atoms with E-state index < -0.39 is 46.4 Å². The molecule has 2 aromatic rings. The molecule has 3 N–H and O–H groups in total. The lowest BCUT2D eigenvalue weighted by Crippen LogP contribution is -2.52. The number of carbonyl (C=O) groups is 3. The summed E-state index contributed by atoms with van der Waals surface area (Å²) in [5.41, 5.74) is 5.99. The topological polar surface area (TPSA) is 136 Å². The van der Waals surface area contributed by atoms with Crippen LogP contribution < -0.4 is 11.1 Å². The van der Waals surface area contributed by atoms with Crippen molar-refractivity contribution in [3.63, 3.8) is 0 Å². The number of benzene rings is 2. The molecule has 0 spiro atoms. The van der Waals surface area contributed by atoms with Crippen molar-refractivity contribution in [1.82, 2.24) is 10.2 Å². The monoisotopic (exact) mass is 448 g/mol. The van der Waals surface area contributed by atoms with Gasteiger partial charge in [0.15, 0.2) is 0 Å². The fourth-order valence-corrected chi connectivity index (χ4v) is 2.90. The first-order valence-electron chi connectivity index (χ1n) is 9.56. The molecule has 0 aliphatic rings. The van der Waals surface area contributed by atoms with Gasteiger partial charge in [-0.3, -0.25) is 29.4 Å². The van der Waals surface area contributed by atoms with Crippen LogP contribution in [-0.4, -0.2) is 39.6 Å². The van der Waals surface area contributed by atoms with Gasteiger partial charge >= 0.3 is 0 Å². The number of imide groups is 1. The molecule has 170 valence electrons. The Bertz CT molecular complexity index is 1010. The molecule has 0 heterocycles. The van der Waals surface area contributed by atoms with Crippen LogP contribution in [0, 0.1) is 21.7 Å². The fraction of sp³-hybridized carbons (Fsp3) is 0.286. The molecule has 0 fully saturated rings. The molecule has 11 heteroatoms. The lowest BCUT2D eigenvalue weighted by molar-refractivity contribution is -0.384. The van der Waals surface area contributed by atoms with E-state index in [2.05, 4.69) is 5.32 Å². The number of rotatable bonds is 8. The highest BCUT2D eigenvalue weighted by molar-refractivity contribution is 6.00. The number of amides is 3. The van der Waals surface area contributed by atoms with E-state index in [1.165, 1.54) is 38.1 Å². The fourth-order valence-electron chi connectivity index (χ4n) is 2.90. The van der Waals surface area contributed by atoms with Gasteiger partial charge in [-0.2, -0.15) is 0 Å². The number of non-ortho nitro benzene ring substituents is 1. The van der Waals surface area contributed by atoms with Crippen molar-refractivity contribution in [2.75, 3.05) is 0 Å². The van der Waals surface area contributed by atoms with Crippen LogP contribution in [0.4, 0.5) is 14.5 Å². The van der Waals surface area contributed by atoms with Gasteiger partial charge < -0.3 is 11.1 Å². The lowest BCUT2D eigenvalue weighted by atomic mass is 10.1. The largest absolute Gasteiger partial charge is 0.344 e. The number of nitro benzene ring substituents is 1. The lowest BCUT2D eigenvalue weighted by Gasteiger charge is -2.26. The van der Waals surface area contributed by atoms with Gasteiger partial charge in [-0.1, -0.05) is 12.1 Å². The summed E-state index contributed by atoms with van der Waals surface area (Å²) < 4.78 is 26.6. The number of nitro groups is 1. The first-order valence-corrected chi connectivity index (χ1v) is 9.56. The first-order chi connectivity index (χ1) is 15.0. The number of carbonyl (C=O) groups excluding carboxylic acids is 3. The Labute approximate surface area is 182 Å². The van der Waals surface area contributed by atoms with Crippen LogP contribution >= 0.6 is 0 Å². The Hall–Kier alpha value is -3.73. The number of nitrogens with zero attached hydrogens (tertiary/aromatic N) is 2. The SMILES string of the molecule is C[C@H](N)C(=O)N(Cc1ccc([N+](=O)[O-])cc1)C(=O)[C@H](C)NC(=O)Cc1cc(F)cc(F)c1. The Morgan fingerprint density at radius 3 is 2.09 bits per heavy atom. The second kappa shape index (κ2) is 10.5. The number of halogens is 2. The molecule has 9 nitrogen and oxygen atoms in total. The number of nitrogens with two attached hydrogens (primary N) is 1. The summed E-state index contributed by atoms with van der Waals surface area (Å²) in [7, 11) is 0. The van der Waals surface area contributed by atoms with Crippen molar-refractivity contribution < 1.29 is 28.1 Å². The summed E-state index contributed by atoms with van der Waals surface area (Å²) in [5, 5.41) is 13.2. The molecule has 2 atom stereocenters. The maximum atomic E-state index is 13.3. The van der Waals surface area contributed by atoms with Crippen LogP contribution in [-0.2, 0) is 27.3 Å². The Morgan fingerprint density at radius 2 is 1.59 bits per heavy atom. The van der Waals surface area contributed by atoms with Crippen LogP contribution in [0.5, 0.6) is 0 Å². The van der Waals surface area contributed by atoms with Gasteiger partial charge in [0.1, 0.15) is 17.7 Å². The highest BCUT2D eigenvalue weighted by Gasteiger charge is 2.29. The summed E-state index contributed by atoms with van der Waals surface area (Å²) >= 11 is 0. The van der Waals surface area contributed by atoms with Gasteiger partial charge in [0.25, 0.3) is 11.6 Å². The van der Waals surface area contributed by atoms with Gasteiger partial charge in [-0.15, -0.1) is 0 Å². The predicted molar refractivity (Wildman–Crippen MR) is 110 cm³/mol. The van der Waals surface area contributed by atoms with E-state index in [0.29, 0.717) is 11.6 Å². The van der Waals surface area contributed by atoms with E-state index in [1.54, 1.807) is 0 Å². The minimum atomic E-state index is -1.15. The Morgan fingerprint density at radius 1 is 1.03 bits per heavy atom. The van der Waals surface area contributed by atoms with Crippen LogP contribution in [0.25, 0.3) is 0 Å². The van der Waals surface area contributed by atoms with Gasteiger partial charge in [0, 0.05) is 18.2 Å². The molecule has 2 rings (SSSR count). The van der Waals surface area contributed by atoms with Crippen molar-refractivity contribution in [2.45, 2.75) is 38.9 Å². The Balaban J connectivity index is 2.12. The quantitative estimate of drug-likeness (QED) is 0.467. The average molecular weight is 448 g/mol. The summed E-state index contributed by atoms with van der Waals surface area (Å²) in [5.74, 6) is -3.83.